The lowest BCUT2D eigenvalue weighted by Crippen LogP contribution is -2.24. The Labute approximate surface area is 126 Å². The molecule has 2 aromatic rings. The van der Waals surface area contributed by atoms with Crippen LogP contribution < -0.4 is 5.32 Å². The van der Waals surface area contributed by atoms with Crippen LogP contribution in [0.4, 0.5) is 0 Å². The fourth-order valence-electron chi connectivity index (χ4n) is 2.38. The first-order valence-corrected chi connectivity index (χ1v) is 8.19. The van der Waals surface area contributed by atoms with Crippen LogP contribution in [0.3, 0.4) is 0 Å². The predicted octanol–water partition coefficient (Wildman–Crippen LogP) is 4.35. The van der Waals surface area contributed by atoms with Crippen LogP contribution in [-0.2, 0) is 6.42 Å². The second kappa shape index (κ2) is 7.00. The third-order valence-electron chi connectivity index (χ3n) is 3.56. The van der Waals surface area contributed by atoms with Crippen LogP contribution in [0.15, 0.2) is 23.6 Å². The van der Waals surface area contributed by atoms with Gasteiger partial charge in [0.25, 0.3) is 0 Å². The van der Waals surface area contributed by atoms with Gasteiger partial charge in [-0.1, -0.05) is 30.7 Å². The summed E-state index contributed by atoms with van der Waals surface area (Å²) in [5, 5.41) is 6.97. The van der Waals surface area contributed by atoms with E-state index >= 15 is 0 Å². The zero-order chi connectivity index (χ0) is 14.5. The molecular formula is C17H24N2S. The Balaban J connectivity index is 2.21. The van der Waals surface area contributed by atoms with Crippen LogP contribution in [0.1, 0.15) is 46.8 Å². The summed E-state index contributed by atoms with van der Waals surface area (Å²) in [5.74, 6) is 0. The van der Waals surface area contributed by atoms with Crippen molar-refractivity contribution in [3.05, 3.63) is 51.0 Å². The van der Waals surface area contributed by atoms with Crippen molar-refractivity contribution in [3.8, 4) is 0 Å². The highest BCUT2D eigenvalue weighted by molar-refractivity contribution is 7.09. The second-order valence-corrected chi connectivity index (χ2v) is 6.49. The van der Waals surface area contributed by atoms with Gasteiger partial charge in [-0.25, -0.2) is 4.98 Å². The van der Waals surface area contributed by atoms with Gasteiger partial charge < -0.3 is 5.32 Å². The normalized spacial score (nSPS) is 12.6. The van der Waals surface area contributed by atoms with E-state index in [1.54, 1.807) is 11.3 Å². The molecule has 0 saturated carbocycles. The van der Waals surface area contributed by atoms with E-state index in [0.29, 0.717) is 6.04 Å². The Morgan fingerprint density at radius 1 is 1.25 bits per heavy atom. The predicted molar refractivity (Wildman–Crippen MR) is 87.5 cm³/mol. The second-order valence-electron chi connectivity index (χ2n) is 5.43. The van der Waals surface area contributed by atoms with Gasteiger partial charge in [-0.05, 0) is 51.3 Å². The Hall–Kier alpha value is -1.19. The van der Waals surface area contributed by atoms with Crippen molar-refractivity contribution >= 4 is 11.3 Å². The van der Waals surface area contributed by atoms with Gasteiger partial charge in [0, 0.05) is 5.38 Å². The molecule has 1 aromatic heterocycles. The van der Waals surface area contributed by atoms with Crippen molar-refractivity contribution in [1.29, 1.82) is 0 Å². The van der Waals surface area contributed by atoms with Gasteiger partial charge in [0.1, 0.15) is 0 Å². The SMILES string of the molecule is CCCNC(Cc1cc(C)ccc1C)c1csc(C)n1. The van der Waals surface area contributed by atoms with E-state index in [1.807, 2.05) is 0 Å². The minimum atomic E-state index is 0.320. The van der Waals surface area contributed by atoms with E-state index in [2.05, 4.69) is 61.6 Å². The number of rotatable bonds is 6. The van der Waals surface area contributed by atoms with E-state index < -0.39 is 0 Å². The Morgan fingerprint density at radius 3 is 2.70 bits per heavy atom. The third kappa shape index (κ3) is 3.90. The Kier molecular flexibility index (Phi) is 5.32. The number of nitrogens with zero attached hydrogens (tertiary/aromatic N) is 1. The molecule has 2 nitrogen and oxygen atoms in total. The number of hydrogen-bond donors (Lipinski definition) is 1. The molecule has 2 rings (SSSR count). The summed E-state index contributed by atoms with van der Waals surface area (Å²) in [6, 6.07) is 7.02. The van der Waals surface area contributed by atoms with E-state index in [9.17, 15) is 0 Å². The molecule has 0 radical (unpaired) electrons. The molecule has 0 aliphatic rings. The minimum absolute atomic E-state index is 0.320. The monoisotopic (exact) mass is 288 g/mol. The Bertz CT molecular complexity index is 560. The van der Waals surface area contributed by atoms with Gasteiger partial charge in [-0.3, -0.25) is 0 Å². The van der Waals surface area contributed by atoms with E-state index in [-0.39, 0.29) is 0 Å². The molecule has 1 N–H and O–H groups in total. The summed E-state index contributed by atoms with van der Waals surface area (Å²) in [5.41, 5.74) is 5.30. The van der Waals surface area contributed by atoms with Crippen LogP contribution in [-0.4, -0.2) is 11.5 Å². The molecule has 0 aliphatic carbocycles. The maximum absolute atomic E-state index is 4.67. The summed E-state index contributed by atoms with van der Waals surface area (Å²) in [6.45, 7) is 9.66. The van der Waals surface area contributed by atoms with Gasteiger partial charge in [0.15, 0.2) is 0 Å². The minimum Gasteiger partial charge on any atom is -0.308 e. The lowest BCUT2D eigenvalue weighted by molar-refractivity contribution is 0.518. The maximum Gasteiger partial charge on any atom is 0.0898 e. The molecule has 0 aliphatic heterocycles. The smallest absolute Gasteiger partial charge is 0.0898 e. The maximum atomic E-state index is 4.67. The van der Waals surface area contributed by atoms with Crippen LogP contribution >= 0.6 is 11.3 Å². The molecule has 1 atom stereocenters. The highest BCUT2D eigenvalue weighted by Crippen LogP contribution is 2.23. The lowest BCUT2D eigenvalue weighted by atomic mass is 9.97. The van der Waals surface area contributed by atoms with Crippen LogP contribution in [0.2, 0.25) is 0 Å². The number of thiazole rings is 1. The standard InChI is InChI=1S/C17H24N2S/c1-5-8-18-16(17-11-20-14(4)19-17)10-15-9-12(2)6-7-13(15)3/h6-7,9,11,16,18H,5,8,10H2,1-4H3. The number of hydrogen-bond acceptors (Lipinski definition) is 3. The lowest BCUT2D eigenvalue weighted by Gasteiger charge is -2.18. The summed E-state index contributed by atoms with van der Waals surface area (Å²) in [7, 11) is 0. The fraction of sp³-hybridized carbons (Fsp3) is 0.471. The summed E-state index contributed by atoms with van der Waals surface area (Å²) < 4.78 is 0. The molecule has 20 heavy (non-hydrogen) atoms. The van der Waals surface area contributed by atoms with Gasteiger partial charge in [0.05, 0.1) is 16.7 Å². The van der Waals surface area contributed by atoms with E-state index in [4.69, 9.17) is 0 Å². The number of nitrogens with one attached hydrogen (secondary N) is 1. The Morgan fingerprint density at radius 2 is 2.05 bits per heavy atom. The first-order valence-electron chi connectivity index (χ1n) is 7.31. The number of aromatic nitrogens is 1. The van der Waals surface area contributed by atoms with E-state index in [0.717, 1.165) is 24.4 Å². The highest BCUT2D eigenvalue weighted by atomic mass is 32.1. The molecule has 0 fully saturated rings. The highest BCUT2D eigenvalue weighted by Gasteiger charge is 2.15. The number of aryl methyl sites for hydroxylation is 3. The van der Waals surface area contributed by atoms with Gasteiger partial charge >= 0.3 is 0 Å². The summed E-state index contributed by atoms with van der Waals surface area (Å²) in [6.07, 6.45) is 2.16. The zero-order valence-electron chi connectivity index (χ0n) is 12.9. The molecule has 1 aromatic carbocycles. The first-order chi connectivity index (χ1) is 9.60. The summed E-state index contributed by atoms with van der Waals surface area (Å²) >= 11 is 1.73. The average Bonchev–Trinajstić information content (AvgIpc) is 2.85. The molecule has 3 heteroatoms. The first kappa shape index (κ1) is 15.2. The molecule has 0 spiro atoms. The molecule has 0 saturated heterocycles. The van der Waals surface area contributed by atoms with Gasteiger partial charge in [-0.2, -0.15) is 0 Å². The molecule has 108 valence electrons. The number of benzene rings is 1. The summed E-state index contributed by atoms with van der Waals surface area (Å²) in [4.78, 5) is 4.67. The van der Waals surface area contributed by atoms with Crippen LogP contribution in [0.25, 0.3) is 0 Å². The topological polar surface area (TPSA) is 24.9 Å². The molecular weight excluding hydrogens is 264 g/mol. The van der Waals surface area contributed by atoms with Gasteiger partial charge in [0.2, 0.25) is 0 Å². The van der Waals surface area contributed by atoms with Crippen molar-refractivity contribution in [2.45, 2.75) is 46.6 Å². The van der Waals surface area contributed by atoms with Crippen molar-refractivity contribution in [1.82, 2.24) is 10.3 Å². The quantitative estimate of drug-likeness (QED) is 0.854. The average molecular weight is 288 g/mol. The van der Waals surface area contributed by atoms with E-state index in [1.165, 1.54) is 22.4 Å². The zero-order valence-corrected chi connectivity index (χ0v) is 13.7. The van der Waals surface area contributed by atoms with Crippen molar-refractivity contribution < 1.29 is 0 Å². The molecule has 1 heterocycles. The van der Waals surface area contributed by atoms with Crippen molar-refractivity contribution in [2.75, 3.05) is 6.54 Å². The van der Waals surface area contributed by atoms with Crippen molar-refractivity contribution in [2.24, 2.45) is 0 Å². The van der Waals surface area contributed by atoms with Crippen LogP contribution in [0, 0.1) is 20.8 Å². The molecule has 0 bridgehead atoms. The molecule has 1 unspecified atom stereocenters. The van der Waals surface area contributed by atoms with Crippen molar-refractivity contribution in [3.63, 3.8) is 0 Å². The molecule has 0 amide bonds. The fourth-order valence-corrected chi connectivity index (χ4v) is 3.05. The third-order valence-corrected chi connectivity index (χ3v) is 4.35. The largest absolute Gasteiger partial charge is 0.308 e. The van der Waals surface area contributed by atoms with Crippen LogP contribution in [0.5, 0.6) is 0 Å². The van der Waals surface area contributed by atoms with Gasteiger partial charge in [-0.15, -0.1) is 11.3 Å².